The molecule has 0 spiro atoms. The Morgan fingerprint density at radius 2 is 1.69 bits per heavy atom. The van der Waals surface area contributed by atoms with E-state index in [9.17, 15) is 4.79 Å². The minimum atomic E-state index is -0.677. The molecule has 29 heavy (non-hydrogen) atoms. The smallest absolute Gasteiger partial charge is 0.347 e. The monoisotopic (exact) mass is 454 g/mol. The van der Waals surface area contributed by atoms with Crippen molar-refractivity contribution < 1.29 is 18.7 Å². The molecule has 0 aliphatic rings. The summed E-state index contributed by atoms with van der Waals surface area (Å²) in [6.07, 6.45) is 3.36. The Kier molecular flexibility index (Phi) is 6.83. The number of hydrogen-bond donors (Lipinski definition) is 0. The average molecular weight is 455 g/mol. The summed E-state index contributed by atoms with van der Waals surface area (Å²) in [6, 6.07) is 18.2. The Balaban J connectivity index is 2.05. The molecule has 0 fully saturated rings. The van der Waals surface area contributed by atoms with E-state index in [1.54, 1.807) is 50.3 Å². The molecule has 0 unspecified atom stereocenters. The summed E-state index contributed by atoms with van der Waals surface area (Å²) in [5.74, 6) is -0.549. The number of carbonyl (C=O) groups is 1. The SMILES string of the molecule is CC=Cc1c(F)c(C)c(C(=O)Oc2ccccc2)c(OCc2ccccc2)c1Br. The van der Waals surface area contributed by atoms with E-state index in [0.717, 1.165) is 5.56 Å². The van der Waals surface area contributed by atoms with Gasteiger partial charge in [0.15, 0.2) is 0 Å². The van der Waals surface area contributed by atoms with Crippen molar-refractivity contribution in [3.63, 3.8) is 0 Å². The predicted octanol–water partition coefficient (Wildman–Crippen LogP) is 6.73. The van der Waals surface area contributed by atoms with Crippen LogP contribution in [0.5, 0.6) is 11.5 Å². The van der Waals surface area contributed by atoms with Crippen LogP contribution in [0.1, 0.15) is 34.0 Å². The van der Waals surface area contributed by atoms with E-state index in [0.29, 0.717) is 15.8 Å². The van der Waals surface area contributed by atoms with Crippen LogP contribution in [0, 0.1) is 12.7 Å². The maximum absolute atomic E-state index is 15.0. The Morgan fingerprint density at radius 3 is 2.31 bits per heavy atom. The van der Waals surface area contributed by atoms with Crippen molar-refractivity contribution in [2.24, 2.45) is 0 Å². The summed E-state index contributed by atoms with van der Waals surface area (Å²) in [7, 11) is 0. The van der Waals surface area contributed by atoms with Gasteiger partial charge >= 0.3 is 5.97 Å². The van der Waals surface area contributed by atoms with Crippen molar-refractivity contribution in [2.45, 2.75) is 20.5 Å². The maximum Gasteiger partial charge on any atom is 0.347 e. The minimum Gasteiger partial charge on any atom is -0.487 e. The largest absolute Gasteiger partial charge is 0.487 e. The molecule has 0 heterocycles. The van der Waals surface area contributed by atoms with Crippen LogP contribution in [-0.2, 0) is 6.61 Å². The molecule has 0 saturated carbocycles. The number of esters is 1. The second-order valence-electron chi connectivity index (χ2n) is 6.35. The number of benzene rings is 3. The first-order chi connectivity index (χ1) is 14.0. The van der Waals surface area contributed by atoms with Gasteiger partial charge in [-0.2, -0.15) is 0 Å². The Hall–Kier alpha value is -2.92. The van der Waals surface area contributed by atoms with Gasteiger partial charge in [-0.3, -0.25) is 0 Å². The third-order valence-electron chi connectivity index (χ3n) is 4.32. The Bertz CT molecular complexity index is 1030. The van der Waals surface area contributed by atoms with Gasteiger partial charge in [0.2, 0.25) is 0 Å². The normalized spacial score (nSPS) is 10.9. The molecule has 0 bridgehead atoms. The zero-order chi connectivity index (χ0) is 20.8. The molecule has 3 aromatic rings. The van der Waals surface area contributed by atoms with Crippen molar-refractivity contribution >= 4 is 28.0 Å². The first-order valence-corrected chi connectivity index (χ1v) is 9.90. The van der Waals surface area contributed by atoms with Gasteiger partial charge < -0.3 is 9.47 Å². The van der Waals surface area contributed by atoms with Gasteiger partial charge in [-0.05, 0) is 47.5 Å². The molecule has 3 rings (SSSR count). The van der Waals surface area contributed by atoms with Crippen molar-refractivity contribution in [2.75, 3.05) is 0 Å². The van der Waals surface area contributed by atoms with Crippen LogP contribution >= 0.6 is 15.9 Å². The number of rotatable bonds is 6. The van der Waals surface area contributed by atoms with Crippen LogP contribution in [0.15, 0.2) is 71.2 Å². The lowest BCUT2D eigenvalue weighted by Gasteiger charge is -2.18. The van der Waals surface area contributed by atoms with Crippen LogP contribution in [0.25, 0.3) is 6.08 Å². The van der Waals surface area contributed by atoms with Crippen LogP contribution < -0.4 is 9.47 Å². The van der Waals surface area contributed by atoms with Gasteiger partial charge in [-0.25, -0.2) is 9.18 Å². The second kappa shape index (κ2) is 9.52. The number of ether oxygens (including phenoxy) is 2. The van der Waals surface area contributed by atoms with Crippen molar-refractivity contribution in [3.05, 3.63) is 99.3 Å². The summed E-state index contributed by atoms with van der Waals surface area (Å²) < 4.78 is 26.8. The zero-order valence-corrected chi connectivity index (χ0v) is 17.7. The molecule has 3 nitrogen and oxygen atoms in total. The lowest BCUT2D eigenvalue weighted by atomic mass is 10.0. The second-order valence-corrected chi connectivity index (χ2v) is 7.14. The van der Waals surface area contributed by atoms with Crippen LogP contribution in [-0.4, -0.2) is 5.97 Å². The third-order valence-corrected chi connectivity index (χ3v) is 5.11. The van der Waals surface area contributed by atoms with Gasteiger partial charge in [-0.1, -0.05) is 60.7 Å². The lowest BCUT2D eigenvalue weighted by Crippen LogP contribution is -2.15. The predicted molar refractivity (Wildman–Crippen MR) is 116 cm³/mol. The van der Waals surface area contributed by atoms with Gasteiger partial charge in [0, 0.05) is 11.1 Å². The molecule has 0 radical (unpaired) electrons. The molecule has 0 aliphatic heterocycles. The van der Waals surface area contributed by atoms with Crippen molar-refractivity contribution in [1.82, 2.24) is 0 Å². The summed E-state index contributed by atoms with van der Waals surface area (Å²) in [5, 5.41) is 0. The van der Waals surface area contributed by atoms with Crippen molar-refractivity contribution in [3.8, 4) is 11.5 Å². The third kappa shape index (κ3) is 4.74. The van der Waals surface area contributed by atoms with Crippen LogP contribution in [0.4, 0.5) is 4.39 Å². The fraction of sp³-hybridized carbons (Fsp3) is 0.125. The fourth-order valence-electron chi connectivity index (χ4n) is 2.88. The molecular weight excluding hydrogens is 435 g/mol. The van der Waals surface area contributed by atoms with E-state index >= 15 is 4.39 Å². The molecule has 0 amide bonds. The number of para-hydroxylation sites is 1. The highest BCUT2D eigenvalue weighted by molar-refractivity contribution is 9.10. The molecule has 0 N–H and O–H groups in total. The van der Waals surface area contributed by atoms with E-state index in [-0.39, 0.29) is 23.5 Å². The zero-order valence-electron chi connectivity index (χ0n) is 16.1. The number of hydrogen-bond acceptors (Lipinski definition) is 3. The molecule has 0 aliphatic carbocycles. The highest BCUT2D eigenvalue weighted by Gasteiger charge is 2.27. The molecule has 3 aromatic carbocycles. The number of halogens is 2. The van der Waals surface area contributed by atoms with Gasteiger partial charge in [0.05, 0.1) is 4.47 Å². The molecule has 148 valence electrons. The standard InChI is InChI=1S/C24H20BrFO3/c1-3-10-19-21(25)23(28-15-17-11-6-4-7-12-17)20(16(2)22(19)26)24(27)29-18-13-8-5-9-14-18/h3-14H,15H2,1-2H3. The highest BCUT2D eigenvalue weighted by atomic mass is 79.9. The summed E-state index contributed by atoms with van der Waals surface area (Å²) in [5.41, 5.74) is 1.48. The minimum absolute atomic E-state index is 0.0578. The van der Waals surface area contributed by atoms with Crippen molar-refractivity contribution in [1.29, 1.82) is 0 Å². The van der Waals surface area contributed by atoms with E-state index in [1.165, 1.54) is 0 Å². The lowest BCUT2D eigenvalue weighted by molar-refractivity contribution is 0.0728. The van der Waals surface area contributed by atoms with Gasteiger partial charge in [0.1, 0.15) is 29.5 Å². The fourth-order valence-corrected chi connectivity index (χ4v) is 3.50. The topological polar surface area (TPSA) is 35.5 Å². The van der Waals surface area contributed by atoms with Crippen LogP contribution in [0.2, 0.25) is 0 Å². The summed E-state index contributed by atoms with van der Waals surface area (Å²) >= 11 is 3.42. The molecule has 5 heteroatoms. The summed E-state index contributed by atoms with van der Waals surface area (Å²) in [6.45, 7) is 3.57. The van der Waals surface area contributed by atoms with Crippen LogP contribution in [0.3, 0.4) is 0 Å². The Morgan fingerprint density at radius 1 is 1.07 bits per heavy atom. The molecule has 0 atom stereocenters. The first-order valence-electron chi connectivity index (χ1n) is 9.11. The molecule has 0 aromatic heterocycles. The Labute approximate surface area is 177 Å². The number of allylic oxidation sites excluding steroid dienone is 1. The first kappa shape index (κ1) is 20.8. The van der Waals surface area contributed by atoms with E-state index < -0.39 is 11.8 Å². The van der Waals surface area contributed by atoms with E-state index in [4.69, 9.17) is 9.47 Å². The van der Waals surface area contributed by atoms with Gasteiger partial charge in [0.25, 0.3) is 0 Å². The molecule has 0 saturated heterocycles. The van der Waals surface area contributed by atoms with E-state index in [2.05, 4.69) is 15.9 Å². The molecular formula is C24H20BrFO3. The highest BCUT2D eigenvalue weighted by Crippen LogP contribution is 2.39. The summed E-state index contributed by atoms with van der Waals surface area (Å²) in [4.78, 5) is 12.9. The quantitative estimate of drug-likeness (QED) is 0.306. The van der Waals surface area contributed by atoms with Gasteiger partial charge in [-0.15, -0.1) is 0 Å². The van der Waals surface area contributed by atoms with E-state index in [1.807, 2.05) is 36.4 Å². The number of carbonyl (C=O) groups excluding carboxylic acids is 1. The maximum atomic E-state index is 15.0. The average Bonchev–Trinajstić information content (AvgIpc) is 2.74.